The Morgan fingerprint density at radius 2 is 2.26 bits per heavy atom. The van der Waals surface area contributed by atoms with Gasteiger partial charge in [-0.25, -0.2) is 15.3 Å². The van der Waals surface area contributed by atoms with Crippen LogP contribution in [-0.4, -0.2) is 38.5 Å². The molecule has 0 unspecified atom stereocenters. The maximum atomic E-state index is 11.8. The SMILES string of the molecule is CCOC(=O)C(=NNc1ncn[nH]1)c1ccncc1. The predicted molar refractivity (Wildman–Crippen MR) is 67.4 cm³/mol. The predicted octanol–water partition coefficient (Wildman–Crippen LogP) is 0.579. The molecule has 2 heterocycles. The van der Waals surface area contributed by atoms with Crippen molar-refractivity contribution < 1.29 is 9.53 Å². The summed E-state index contributed by atoms with van der Waals surface area (Å²) in [5, 5.41) is 10.2. The maximum Gasteiger partial charge on any atom is 0.359 e. The second kappa shape index (κ2) is 6.24. The zero-order valence-corrected chi connectivity index (χ0v) is 10.2. The first kappa shape index (κ1) is 12.7. The number of aromatic amines is 1. The zero-order chi connectivity index (χ0) is 13.5. The van der Waals surface area contributed by atoms with Gasteiger partial charge in [0.05, 0.1) is 6.61 Å². The van der Waals surface area contributed by atoms with E-state index in [4.69, 9.17) is 4.74 Å². The highest BCUT2D eigenvalue weighted by Gasteiger charge is 2.15. The second-order valence-electron chi connectivity index (χ2n) is 3.36. The van der Waals surface area contributed by atoms with E-state index in [1.54, 1.807) is 31.5 Å². The van der Waals surface area contributed by atoms with Gasteiger partial charge in [-0.15, -0.1) is 0 Å². The van der Waals surface area contributed by atoms with Crippen molar-refractivity contribution in [3.63, 3.8) is 0 Å². The van der Waals surface area contributed by atoms with Gasteiger partial charge in [0.25, 0.3) is 0 Å². The van der Waals surface area contributed by atoms with Crippen LogP contribution in [0.15, 0.2) is 36.0 Å². The molecule has 0 aliphatic rings. The minimum Gasteiger partial charge on any atom is -0.461 e. The average Bonchev–Trinajstić information content (AvgIpc) is 2.94. The quantitative estimate of drug-likeness (QED) is 0.463. The van der Waals surface area contributed by atoms with E-state index in [-0.39, 0.29) is 12.3 Å². The highest BCUT2D eigenvalue weighted by Crippen LogP contribution is 2.03. The fourth-order valence-electron chi connectivity index (χ4n) is 1.31. The van der Waals surface area contributed by atoms with Gasteiger partial charge in [0.15, 0.2) is 5.71 Å². The molecule has 2 aromatic heterocycles. The third-order valence-electron chi connectivity index (χ3n) is 2.11. The largest absolute Gasteiger partial charge is 0.461 e. The summed E-state index contributed by atoms with van der Waals surface area (Å²) in [6.07, 6.45) is 4.46. The van der Waals surface area contributed by atoms with Gasteiger partial charge in [-0.1, -0.05) is 0 Å². The van der Waals surface area contributed by atoms with E-state index in [9.17, 15) is 4.79 Å². The van der Waals surface area contributed by atoms with Gasteiger partial charge in [0.2, 0.25) is 5.95 Å². The number of aromatic nitrogens is 4. The fraction of sp³-hybridized carbons (Fsp3) is 0.182. The van der Waals surface area contributed by atoms with E-state index in [1.165, 1.54) is 6.33 Å². The Balaban J connectivity index is 2.24. The lowest BCUT2D eigenvalue weighted by Gasteiger charge is -2.05. The summed E-state index contributed by atoms with van der Waals surface area (Å²) in [6, 6.07) is 3.33. The molecule has 0 atom stereocenters. The molecule has 0 saturated heterocycles. The molecule has 19 heavy (non-hydrogen) atoms. The average molecular weight is 260 g/mol. The first-order chi connectivity index (χ1) is 9.31. The first-order valence-corrected chi connectivity index (χ1v) is 5.58. The van der Waals surface area contributed by atoms with Crippen LogP contribution in [0.3, 0.4) is 0 Å². The number of carbonyl (C=O) groups excluding carboxylic acids is 1. The maximum absolute atomic E-state index is 11.8. The number of rotatable bonds is 5. The molecule has 0 amide bonds. The van der Waals surface area contributed by atoms with E-state index in [2.05, 4.69) is 30.7 Å². The molecule has 2 aromatic rings. The summed E-state index contributed by atoms with van der Waals surface area (Å²) in [7, 11) is 0. The minimum atomic E-state index is -0.527. The van der Waals surface area contributed by atoms with Crippen LogP contribution in [0, 0.1) is 0 Å². The van der Waals surface area contributed by atoms with Crippen LogP contribution < -0.4 is 5.43 Å². The molecule has 0 saturated carbocycles. The van der Waals surface area contributed by atoms with Crippen LogP contribution in [0.1, 0.15) is 12.5 Å². The summed E-state index contributed by atoms with van der Waals surface area (Å²) in [5.41, 5.74) is 3.34. The van der Waals surface area contributed by atoms with Crippen molar-refractivity contribution in [3.8, 4) is 0 Å². The molecule has 0 fully saturated rings. The molecule has 8 nitrogen and oxygen atoms in total. The molecule has 2 rings (SSSR count). The lowest BCUT2D eigenvalue weighted by molar-refractivity contribution is -0.134. The lowest BCUT2D eigenvalue weighted by Crippen LogP contribution is -2.20. The number of carbonyl (C=O) groups is 1. The number of nitrogens with zero attached hydrogens (tertiary/aromatic N) is 4. The number of H-pyrrole nitrogens is 1. The number of ether oxygens (including phenoxy) is 1. The summed E-state index contributed by atoms with van der Waals surface area (Å²) in [6.45, 7) is 2.00. The van der Waals surface area contributed by atoms with Crippen molar-refractivity contribution in [3.05, 3.63) is 36.4 Å². The van der Waals surface area contributed by atoms with Crippen LogP contribution in [-0.2, 0) is 9.53 Å². The molecule has 98 valence electrons. The van der Waals surface area contributed by atoms with Crippen LogP contribution in [0.4, 0.5) is 5.95 Å². The Bertz CT molecular complexity index is 552. The zero-order valence-electron chi connectivity index (χ0n) is 10.2. The van der Waals surface area contributed by atoms with Crippen LogP contribution >= 0.6 is 0 Å². The summed E-state index contributed by atoms with van der Waals surface area (Å²) < 4.78 is 4.95. The number of hydrazone groups is 1. The molecule has 0 aromatic carbocycles. The number of esters is 1. The summed E-state index contributed by atoms with van der Waals surface area (Å²) in [5.74, 6) is -0.198. The van der Waals surface area contributed by atoms with Crippen molar-refractivity contribution in [2.24, 2.45) is 5.10 Å². The third-order valence-corrected chi connectivity index (χ3v) is 2.11. The Labute approximate surface area is 108 Å². The molecule has 0 bridgehead atoms. The Kier molecular flexibility index (Phi) is 4.17. The minimum absolute atomic E-state index is 0.139. The van der Waals surface area contributed by atoms with Crippen LogP contribution in [0.5, 0.6) is 0 Å². The van der Waals surface area contributed by atoms with Gasteiger partial charge in [-0.3, -0.25) is 4.98 Å². The number of hydrogen-bond acceptors (Lipinski definition) is 7. The van der Waals surface area contributed by atoms with E-state index >= 15 is 0 Å². The standard InChI is InChI=1S/C11H12N6O2/c1-2-19-10(18)9(8-3-5-12-6-4-8)15-17-11-13-7-14-16-11/h3-7H,2H2,1H3,(H2,13,14,16,17). The molecule has 0 aliphatic carbocycles. The number of nitrogens with one attached hydrogen (secondary N) is 2. The first-order valence-electron chi connectivity index (χ1n) is 5.58. The Hall–Kier alpha value is -2.77. The van der Waals surface area contributed by atoms with E-state index in [1.807, 2.05) is 0 Å². The van der Waals surface area contributed by atoms with Gasteiger partial charge < -0.3 is 4.74 Å². The van der Waals surface area contributed by atoms with Crippen molar-refractivity contribution >= 4 is 17.6 Å². The molecule has 0 aliphatic heterocycles. The van der Waals surface area contributed by atoms with Gasteiger partial charge in [0.1, 0.15) is 6.33 Å². The molecule has 8 heteroatoms. The topological polar surface area (TPSA) is 105 Å². The second-order valence-corrected chi connectivity index (χ2v) is 3.36. The van der Waals surface area contributed by atoms with E-state index in [0.29, 0.717) is 11.5 Å². The highest BCUT2D eigenvalue weighted by molar-refractivity contribution is 6.43. The van der Waals surface area contributed by atoms with Gasteiger partial charge >= 0.3 is 5.97 Å². The van der Waals surface area contributed by atoms with E-state index < -0.39 is 5.97 Å². The fourth-order valence-corrected chi connectivity index (χ4v) is 1.31. The van der Waals surface area contributed by atoms with Gasteiger partial charge in [-0.2, -0.15) is 15.2 Å². The van der Waals surface area contributed by atoms with Crippen molar-refractivity contribution in [1.29, 1.82) is 0 Å². The summed E-state index contributed by atoms with van der Waals surface area (Å²) in [4.78, 5) is 19.6. The smallest absolute Gasteiger partial charge is 0.359 e. The third kappa shape index (κ3) is 3.35. The molecular formula is C11H12N6O2. The van der Waals surface area contributed by atoms with E-state index in [0.717, 1.165) is 0 Å². The Morgan fingerprint density at radius 3 is 2.89 bits per heavy atom. The van der Waals surface area contributed by atoms with Crippen LogP contribution in [0.25, 0.3) is 0 Å². The molecular weight excluding hydrogens is 248 g/mol. The molecule has 0 radical (unpaired) electrons. The number of anilines is 1. The van der Waals surface area contributed by atoms with Gasteiger partial charge in [0, 0.05) is 18.0 Å². The number of hydrogen-bond donors (Lipinski definition) is 2. The van der Waals surface area contributed by atoms with Crippen molar-refractivity contribution in [2.45, 2.75) is 6.92 Å². The van der Waals surface area contributed by atoms with Gasteiger partial charge in [-0.05, 0) is 19.1 Å². The molecule has 0 spiro atoms. The molecule has 2 N–H and O–H groups in total. The van der Waals surface area contributed by atoms with Crippen molar-refractivity contribution in [2.75, 3.05) is 12.0 Å². The Morgan fingerprint density at radius 1 is 1.47 bits per heavy atom. The van der Waals surface area contributed by atoms with Crippen molar-refractivity contribution in [1.82, 2.24) is 20.2 Å². The number of pyridine rings is 1. The highest BCUT2D eigenvalue weighted by atomic mass is 16.5. The lowest BCUT2D eigenvalue weighted by atomic mass is 10.2. The summed E-state index contributed by atoms with van der Waals surface area (Å²) >= 11 is 0. The monoisotopic (exact) mass is 260 g/mol. The normalized spacial score (nSPS) is 11.1. The van der Waals surface area contributed by atoms with Crippen LogP contribution in [0.2, 0.25) is 0 Å².